The summed E-state index contributed by atoms with van der Waals surface area (Å²) >= 11 is 0. The van der Waals surface area contributed by atoms with Gasteiger partial charge in [0.1, 0.15) is 6.10 Å². The lowest BCUT2D eigenvalue weighted by Gasteiger charge is -2.29. The maximum Gasteiger partial charge on any atom is 0.309 e. The normalized spacial score (nSPS) is 16.1. The number of amides is 2. The second kappa shape index (κ2) is 16.5. The third-order valence-electron chi connectivity index (χ3n) is 7.79. The molecular weight excluding hydrogens is 516 g/mol. The largest absolute Gasteiger partial charge is 0.455 e. The molecule has 0 saturated heterocycles. The van der Waals surface area contributed by atoms with Gasteiger partial charge < -0.3 is 20.5 Å². The summed E-state index contributed by atoms with van der Waals surface area (Å²) in [4.78, 5) is 39.5. The lowest BCUT2D eigenvalue weighted by molar-refractivity contribution is -0.155. The summed E-state index contributed by atoms with van der Waals surface area (Å²) in [6.07, 6.45) is 8.25. The summed E-state index contributed by atoms with van der Waals surface area (Å²) in [5.41, 5.74) is 1.22. The minimum absolute atomic E-state index is 0.0178. The van der Waals surface area contributed by atoms with Crippen LogP contribution in [-0.2, 0) is 25.5 Å². The van der Waals surface area contributed by atoms with Gasteiger partial charge in [0, 0.05) is 6.42 Å². The molecule has 0 aliphatic heterocycles. The number of ether oxygens (including phenoxy) is 1. The number of hydrogen-bond acceptors (Lipinski definition) is 5. The average Bonchev–Trinajstić information content (AvgIpc) is 3.46. The Morgan fingerprint density at radius 1 is 0.951 bits per heavy atom. The van der Waals surface area contributed by atoms with Crippen LogP contribution in [0.5, 0.6) is 0 Å². The van der Waals surface area contributed by atoms with Gasteiger partial charge in [-0.15, -0.1) is 13.2 Å². The van der Waals surface area contributed by atoms with Crippen molar-refractivity contribution >= 4 is 17.8 Å². The Balaban J connectivity index is 1.67. The van der Waals surface area contributed by atoms with Crippen molar-refractivity contribution in [3.8, 4) is 0 Å². The van der Waals surface area contributed by atoms with Gasteiger partial charge in [0.05, 0.1) is 30.5 Å². The van der Waals surface area contributed by atoms with Crippen molar-refractivity contribution in [3.05, 3.63) is 97.1 Å². The molecule has 1 saturated carbocycles. The molecule has 0 unspecified atom stereocenters. The van der Waals surface area contributed by atoms with E-state index in [1.807, 2.05) is 60.7 Å². The third kappa shape index (κ3) is 10.0. The molecule has 3 rings (SSSR count). The Morgan fingerprint density at radius 3 is 2.22 bits per heavy atom. The maximum atomic E-state index is 13.4. The van der Waals surface area contributed by atoms with E-state index in [-0.39, 0.29) is 43.3 Å². The number of carbonyl (C=O) groups is 3. The highest BCUT2D eigenvalue weighted by atomic mass is 16.5. The van der Waals surface area contributed by atoms with E-state index in [1.165, 1.54) is 0 Å². The van der Waals surface area contributed by atoms with Crippen LogP contribution in [0.25, 0.3) is 0 Å². The molecule has 3 N–H and O–H groups in total. The van der Waals surface area contributed by atoms with Crippen molar-refractivity contribution in [1.82, 2.24) is 10.6 Å². The van der Waals surface area contributed by atoms with Crippen LogP contribution in [-0.4, -0.2) is 41.6 Å². The number of aliphatic hydroxyl groups is 1. The smallest absolute Gasteiger partial charge is 0.309 e. The molecule has 2 aromatic carbocycles. The van der Waals surface area contributed by atoms with Gasteiger partial charge in [0.2, 0.25) is 11.8 Å². The summed E-state index contributed by atoms with van der Waals surface area (Å²) in [7, 11) is 0. The van der Waals surface area contributed by atoms with Crippen molar-refractivity contribution in [3.63, 3.8) is 0 Å². The van der Waals surface area contributed by atoms with Crippen LogP contribution in [0.15, 0.2) is 86.0 Å². The second-order valence-corrected chi connectivity index (χ2v) is 11.0. The lowest BCUT2D eigenvalue weighted by Crippen LogP contribution is -2.50. The number of hydrogen-bond donors (Lipinski definition) is 3. The average molecular weight is 561 g/mol. The van der Waals surface area contributed by atoms with Gasteiger partial charge >= 0.3 is 5.97 Å². The molecule has 1 fully saturated rings. The predicted octanol–water partition coefficient (Wildman–Crippen LogP) is 5.22. The van der Waals surface area contributed by atoms with E-state index < -0.39 is 17.6 Å². The second-order valence-electron chi connectivity index (χ2n) is 11.0. The number of carbonyl (C=O) groups excluding carboxylic acids is 3. The van der Waals surface area contributed by atoms with E-state index in [9.17, 15) is 19.5 Å². The zero-order valence-electron chi connectivity index (χ0n) is 23.9. The lowest BCUT2D eigenvalue weighted by atomic mass is 9.94. The van der Waals surface area contributed by atoms with Crippen LogP contribution >= 0.6 is 0 Å². The molecular formula is C34H44N2O5. The topological polar surface area (TPSA) is 105 Å². The monoisotopic (exact) mass is 560 g/mol. The minimum Gasteiger partial charge on any atom is -0.455 e. The van der Waals surface area contributed by atoms with Crippen molar-refractivity contribution < 1.29 is 24.2 Å². The number of nitrogens with one attached hydrogen (secondary N) is 2. The fourth-order valence-corrected chi connectivity index (χ4v) is 5.42. The Kier molecular flexibility index (Phi) is 12.8. The Labute approximate surface area is 244 Å². The van der Waals surface area contributed by atoms with Gasteiger partial charge in [-0.3, -0.25) is 14.4 Å². The fourth-order valence-electron chi connectivity index (χ4n) is 5.42. The van der Waals surface area contributed by atoms with E-state index in [1.54, 1.807) is 12.2 Å². The molecule has 0 radical (unpaired) electrons. The Morgan fingerprint density at radius 2 is 1.61 bits per heavy atom. The molecule has 0 spiro atoms. The first-order valence-electron chi connectivity index (χ1n) is 14.6. The van der Waals surface area contributed by atoms with Crippen LogP contribution in [0.2, 0.25) is 0 Å². The summed E-state index contributed by atoms with van der Waals surface area (Å²) in [5, 5.41) is 15.7. The van der Waals surface area contributed by atoms with E-state index >= 15 is 0 Å². The third-order valence-corrected chi connectivity index (χ3v) is 7.79. The number of benzene rings is 2. The van der Waals surface area contributed by atoms with Crippen LogP contribution in [0.3, 0.4) is 0 Å². The Bertz CT molecular complexity index is 1130. The van der Waals surface area contributed by atoms with Gasteiger partial charge in [0.25, 0.3) is 0 Å². The molecule has 2 amide bonds. The van der Waals surface area contributed by atoms with Crippen LogP contribution in [0, 0.1) is 11.8 Å². The van der Waals surface area contributed by atoms with Gasteiger partial charge in [-0.05, 0) is 49.7 Å². The van der Waals surface area contributed by atoms with Crippen LogP contribution in [0.4, 0.5) is 0 Å². The number of aliphatic hydroxyl groups excluding tert-OH is 1. The molecule has 1 aliphatic carbocycles. The van der Waals surface area contributed by atoms with Gasteiger partial charge in [0.15, 0.2) is 0 Å². The van der Waals surface area contributed by atoms with Crippen LogP contribution < -0.4 is 10.6 Å². The SMILES string of the molecule is C=CCC[C@H](Cc1ccccc1)C(=O)O[C@H](CNC(=O)[C@@H](CC=C)CC(=O)NC1(CO)CCCC1)c1ccccc1. The molecule has 7 heteroatoms. The summed E-state index contributed by atoms with van der Waals surface area (Å²) < 4.78 is 6.04. The van der Waals surface area contributed by atoms with Crippen molar-refractivity contribution in [1.29, 1.82) is 0 Å². The molecule has 1 aliphatic rings. The summed E-state index contributed by atoms with van der Waals surface area (Å²) in [6.45, 7) is 7.52. The fraction of sp³-hybridized carbons (Fsp3) is 0.441. The predicted molar refractivity (Wildman–Crippen MR) is 161 cm³/mol. The van der Waals surface area contributed by atoms with Gasteiger partial charge in [-0.1, -0.05) is 85.7 Å². The quantitative estimate of drug-likeness (QED) is 0.182. The highest BCUT2D eigenvalue weighted by molar-refractivity contribution is 5.86. The number of allylic oxidation sites excluding steroid dienone is 2. The maximum absolute atomic E-state index is 13.4. The molecule has 0 heterocycles. The summed E-state index contributed by atoms with van der Waals surface area (Å²) in [5.74, 6) is -1.89. The van der Waals surface area contributed by atoms with E-state index in [0.717, 1.165) is 36.8 Å². The first-order valence-corrected chi connectivity index (χ1v) is 14.6. The van der Waals surface area contributed by atoms with Crippen LogP contribution in [0.1, 0.15) is 68.6 Å². The van der Waals surface area contributed by atoms with E-state index in [4.69, 9.17) is 4.74 Å². The zero-order chi connectivity index (χ0) is 29.5. The van der Waals surface area contributed by atoms with Gasteiger partial charge in [-0.25, -0.2) is 0 Å². The molecule has 220 valence electrons. The van der Waals surface area contributed by atoms with Crippen molar-refractivity contribution in [2.45, 2.75) is 69.4 Å². The van der Waals surface area contributed by atoms with Crippen molar-refractivity contribution in [2.24, 2.45) is 11.8 Å². The molecule has 3 atom stereocenters. The molecule has 41 heavy (non-hydrogen) atoms. The number of rotatable bonds is 17. The first kappa shape index (κ1) is 31.8. The first-order chi connectivity index (χ1) is 19.9. The molecule has 2 aromatic rings. The van der Waals surface area contributed by atoms with E-state index in [2.05, 4.69) is 23.8 Å². The molecule has 7 nitrogen and oxygen atoms in total. The Hall–Kier alpha value is -3.71. The zero-order valence-corrected chi connectivity index (χ0v) is 23.9. The minimum atomic E-state index is -0.691. The number of esters is 1. The van der Waals surface area contributed by atoms with Gasteiger partial charge in [-0.2, -0.15) is 0 Å². The highest BCUT2D eigenvalue weighted by Crippen LogP contribution is 2.29. The summed E-state index contributed by atoms with van der Waals surface area (Å²) in [6, 6.07) is 19.2. The highest BCUT2D eigenvalue weighted by Gasteiger charge is 2.35. The molecule has 0 bridgehead atoms. The molecule has 0 aromatic heterocycles. The standard InChI is InChI=1S/C34H44N2O5/c1-3-5-17-29(22-26-15-8-6-9-16-26)33(40)41-30(27-18-10-7-11-19-27)24-35-32(39)28(14-4-2)23-31(38)36-34(25-37)20-12-13-21-34/h3-4,6-11,15-16,18-19,28-30,37H,1-2,5,12-14,17,20-25H2,(H,35,39)(H,36,38)/t28-,29+,30+/m0/s1. The van der Waals surface area contributed by atoms with E-state index in [0.29, 0.717) is 25.7 Å². The van der Waals surface area contributed by atoms with Crippen molar-refractivity contribution in [2.75, 3.05) is 13.2 Å².